The van der Waals surface area contributed by atoms with Gasteiger partial charge < -0.3 is 15.5 Å². The lowest BCUT2D eigenvalue weighted by molar-refractivity contribution is -0.146. The van der Waals surface area contributed by atoms with Crippen LogP contribution in [-0.4, -0.2) is 17.0 Å². The van der Waals surface area contributed by atoms with E-state index in [1.807, 2.05) is 60.8 Å². The number of ether oxygens (including phenoxy) is 1. The minimum absolute atomic E-state index is 0. The predicted molar refractivity (Wildman–Crippen MR) is 93.5 cm³/mol. The van der Waals surface area contributed by atoms with E-state index in [2.05, 4.69) is 4.98 Å². The Morgan fingerprint density at radius 3 is 2.57 bits per heavy atom. The van der Waals surface area contributed by atoms with Gasteiger partial charge in [0.25, 0.3) is 0 Å². The number of para-hydroxylation sites is 1. The summed E-state index contributed by atoms with van der Waals surface area (Å²) in [6, 6.07) is 16.9. The van der Waals surface area contributed by atoms with Gasteiger partial charge in [0.2, 0.25) is 0 Å². The van der Waals surface area contributed by atoms with Crippen LogP contribution in [0.2, 0.25) is 0 Å². The second kappa shape index (κ2) is 7.81. The molecule has 5 heteroatoms. The van der Waals surface area contributed by atoms with Gasteiger partial charge in [-0.1, -0.05) is 48.5 Å². The summed E-state index contributed by atoms with van der Waals surface area (Å²) in [5, 5.41) is 1.09. The number of halogens is 1. The van der Waals surface area contributed by atoms with Gasteiger partial charge in [0.15, 0.2) is 0 Å². The second-order valence-corrected chi connectivity index (χ2v) is 5.26. The van der Waals surface area contributed by atoms with Crippen LogP contribution in [0, 0.1) is 0 Å². The number of benzene rings is 2. The fourth-order valence-electron chi connectivity index (χ4n) is 2.46. The van der Waals surface area contributed by atoms with Crippen molar-refractivity contribution in [2.45, 2.75) is 19.1 Å². The third kappa shape index (κ3) is 4.12. The molecule has 0 fully saturated rings. The zero-order valence-electron chi connectivity index (χ0n) is 12.6. The van der Waals surface area contributed by atoms with Crippen molar-refractivity contribution in [2.75, 3.05) is 0 Å². The summed E-state index contributed by atoms with van der Waals surface area (Å²) < 4.78 is 5.28. The molecule has 120 valence electrons. The third-order valence-electron chi connectivity index (χ3n) is 3.64. The van der Waals surface area contributed by atoms with E-state index in [1.54, 1.807) is 0 Å². The topological polar surface area (TPSA) is 68.1 Å². The van der Waals surface area contributed by atoms with Gasteiger partial charge in [-0.25, -0.2) is 0 Å². The number of nitrogens with two attached hydrogens (primary N) is 1. The standard InChI is InChI=1S/C18H18N2O2.ClH/c19-16(18(21)22-12-13-6-2-1-3-7-13)10-14-11-20-17-9-5-4-8-15(14)17;/h1-9,11,16,20H,10,12,19H2;1H/t16-;/m1./s1. The van der Waals surface area contributed by atoms with Crippen molar-refractivity contribution in [1.29, 1.82) is 0 Å². The second-order valence-electron chi connectivity index (χ2n) is 5.26. The number of fused-ring (bicyclic) bond motifs is 1. The van der Waals surface area contributed by atoms with Gasteiger partial charge in [0, 0.05) is 23.5 Å². The number of carbonyl (C=O) groups is 1. The third-order valence-corrected chi connectivity index (χ3v) is 3.64. The summed E-state index contributed by atoms with van der Waals surface area (Å²) in [7, 11) is 0. The lowest BCUT2D eigenvalue weighted by atomic mass is 10.1. The first kappa shape index (κ1) is 17.1. The molecule has 0 unspecified atom stereocenters. The van der Waals surface area contributed by atoms with Crippen molar-refractivity contribution in [3.63, 3.8) is 0 Å². The minimum Gasteiger partial charge on any atom is -0.460 e. The number of carbonyl (C=O) groups excluding carboxylic acids is 1. The highest BCUT2D eigenvalue weighted by Gasteiger charge is 2.17. The van der Waals surface area contributed by atoms with E-state index >= 15 is 0 Å². The number of esters is 1. The molecular weight excluding hydrogens is 312 g/mol. The molecule has 23 heavy (non-hydrogen) atoms. The van der Waals surface area contributed by atoms with Crippen LogP contribution in [-0.2, 0) is 22.6 Å². The highest BCUT2D eigenvalue weighted by atomic mass is 35.5. The molecule has 0 spiro atoms. The molecule has 0 aliphatic rings. The Hall–Kier alpha value is -2.30. The normalized spacial score (nSPS) is 11.7. The molecule has 0 aliphatic carbocycles. The Morgan fingerprint density at radius 2 is 1.78 bits per heavy atom. The van der Waals surface area contributed by atoms with Gasteiger partial charge in [-0.2, -0.15) is 0 Å². The van der Waals surface area contributed by atoms with E-state index < -0.39 is 6.04 Å². The van der Waals surface area contributed by atoms with Gasteiger partial charge >= 0.3 is 5.97 Å². The largest absolute Gasteiger partial charge is 0.460 e. The Balaban J connectivity index is 0.00000192. The van der Waals surface area contributed by atoms with Crippen molar-refractivity contribution in [1.82, 2.24) is 4.98 Å². The minimum atomic E-state index is -0.664. The lowest BCUT2D eigenvalue weighted by Crippen LogP contribution is -2.34. The molecule has 0 saturated carbocycles. The quantitative estimate of drug-likeness (QED) is 0.706. The molecule has 4 nitrogen and oxygen atoms in total. The van der Waals surface area contributed by atoms with Gasteiger partial charge in [-0.05, 0) is 17.2 Å². The Labute approximate surface area is 141 Å². The zero-order chi connectivity index (χ0) is 15.4. The molecule has 3 aromatic rings. The summed E-state index contributed by atoms with van der Waals surface area (Å²) >= 11 is 0. The number of aromatic nitrogens is 1. The fourth-order valence-corrected chi connectivity index (χ4v) is 2.46. The fraction of sp³-hybridized carbons (Fsp3) is 0.167. The smallest absolute Gasteiger partial charge is 0.323 e. The Morgan fingerprint density at radius 1 is 1.09 bits per heavy atom. The Kier molecular flexibility index (Phi) is 5.79. The number of H-pyrrole nitrogens is 1. The van der Waals surface area contributed by atoms with Crippen molar-refractivity contribution < 1.29 is 9.53 Å². The number of aromatic amines is 1. The van der Waals surface area contributed by atoms with Crippen LogP contribution in [0.25, 0.3) is 10.9 Å². The van der Waals surface area contributed by atoms with Gasteiger partial charge in [-0.3, -0.25) is 4.79 Å². The molecule has 1 heterocycles. The van der Waals surface area contributed by atoms with Crippen LogP contribution in [0.1, 0.15) is 11.1 Å². The number of rotatable bonds is 5. The van der Waals surface area contributed by atoms with Crippen LogP contribution in [0.5, 0.6) is 0 Å². The first-order valence-corrected chi connectivity index (χ1v) is 7.25. The van der Waals surface area contributed by atoms with E-state index in [9.17, 15) is 4.79 Å². The summed E-state index contributed by atoms with van der Waals surface area (Å²) in [5.41, 5.74) is 9.00. The SMILES string of the molecule is Cl.N[C@H](Cc1c[nH]c2ccccc12)C(=O)OCc1ccccc1. The molecule has 0 aliphatic heterocycles. The number of hydrogen-bond acceptors (Lipinski definition) is 3. The molecule has 1 aromatic heterocycles. The molecule has 0 bridgehead atoms. The average Bonchev–Trinajstić information content (AvgIpc) is 2.97. The van der Waals surface area contributed by atoms with Gasteiger partial charge in [0.05, 0.1) is 0 Å². The summed E-state index contributed by atoms with van der Waals surface area (Å²) in [6.45, 7) is 0.251. The maximum Gasteiger partial charge on any atom is 0.323 e. The van der Waals surface area contributed by atoms with E-state index in [0.29, 0.717) is 6.42 Å². The van der Waals surface area contributed by atoms with Crippen LogP contribution in [0.15, 0.2) is 60.8 Å². The van der Waals surface area contributed by atoms with E-state index in [1.165, 1.54) is 0 Å². The maximum atomic E-state index is 12.0. The van der Waals surface area contributed by atoms with Gasteiger partial charge in [-0.15, -0.1) is 12.4 Å². The molecule has 0 saturated heterocycles. The van der Waals surface area contributed by atoms with Crippen LogP contribution in [0.4, 0.5) is 0 Å². The summed E-state index contributed by atoms with van der Waals surface area (Å²) in [5.74, 6) is -0.380. The highest BCUT2D eigenvalue weighted by Crippen LogP contribution is 2.19. The molecule has 3 N–H and O–H groups in total. The zero-order valence-corrected chi connectivity index (χ0v) is 13.4. The molecule has 1 atom stereocenters. The monoisotopic (exact) mass is 330 g/mol. The highest BCUT2D eigenvalue weighted by molar-refractivity contribution is 5.85. The van der Waals surface area contributed by atoms with E-state index in [4.69, 9.17) is 10.5 Å². The van der Waals surface area contributed by atoms with Crippen LogP contribution < -0.4 is 5.73 Å². The molecule has 0 amide bonds. The predicted octanol–water partition coefficient (Wildman–Crippen LogP) is 3.20. The lowest BCUT2D eigenvalue weighted by Gasteiger charge is -2.11. The molecular formula is C18H19ClN2O2. The van der Waals surface area contributed by atoms with E-state index in [0.717, 1.165) is 22.0 Å². The first-order valence-electron chi connectivity index (χ1n) is 7.25. The van der Waals surface area contributed by atoms with Crippen LogP contribution in [0.3, 0.4) is 0 Å². The van der Waals surface area contributed by atoms with Crippen molar-refractivity contribution >= 4 is 29.3 Å². The first-order chi connectivity index (χ1) is 10.7. The molecule has 3 rings (SSSR count). The van der Waals surface area contributed by atoms with Crippen LogP contribution >= 0.6 is 12.4 Å². The number of nitrogens with one attached hydrogen (secondary N) is 1. The van der Waals surface area contributed by atoms with Crippen molar-refractivity contribution in [3.8, 4) is 0 Å². The summed E-state index contributed by atoms with van der Waals surface area (Å²) in [4.78, 5) is 15.2. The Bertz CT molecular complexity index is 771. The van der Waals surface area contributed by atoms with Crippen molar-refractivity contribution in [3.05, 3.63) is 71.9 Å². The maximum absolute atomic E-state index is 12.0. The molecule has 0 radical (unpaired) electrons. The summed E-state index contributed by atoms with van der Waals surface area (Å²) in [6.07, 6.45) is 2.35. The molecule has 2 aromatic carbocycles. The number of hydrogen-bond donors (Lipinski definition) is 2. The van der Waals surface area contributed by atoms with Crippen molar-refractivity contribution in [2.24, 2.45) is 5.73 Å². The van der Waals surface area contributed by atoms with E-state index in [-0.39, 0.29) is 25.0 Å². The average molecular weight is 331 g/mol. The van der Waals surface area contributed by atoms with Gasteiger partial charge in [0.1, 0.15) is 12.6 Å².